The standard InChI is InChI=1S/C16H20N2O2.ClH/c1-3-20-16-10-13(7-8-15(16)19-2)11-17-12-14-6-4-5-9-18-14;/h4-10,17H,3,11-12H2,1-2H3;1H. The van der Waals surface area contributed by atoms with Gasteiger partial charge >= 0.3 is 0 Å². The Kier molecular flexibility index (Phi) is 7.58. The first-order valence-electron chi connectivity index (χ1n) is 6.74. The third kappa shape index (κ3) is 5.25. The van der Waals surface area contributed by atoms with Gasteiger partial charge in [0.2, 0.25) is 0 Å². The van der Waals surface area contributed by atoms with Gasteiger partial charge in [0.15, 0.2) is 11.5 Å². The van der Waals surface area contributed by atoms with Crippen LogP contribution in [0.1, 0.15) is 18.2 Å². The van der Waals surface area contributed by atoms with Gasteiger partial charge in [-0.15, -0.1) is 12.4 Å². The zero-order valence-electron chi connectivity index (χ0n) is 12.3. The van der Waals surface area contributed by atoms with Gasteiger partial charge < -0.3 is 14.8 Å². The van der Waals surface area contributed by atoms with Gasteiger partial charge in [0.25, 0.3) is 0 Å². The first-order valence-corrected chi connectivity index (χ1v) is 6.74. The van der Waals surface area contributed by atoms with Crippen molar-refractivity contribution in [3.05, 3.63) is 53.9 Å². The summed E-state index contributed by atoms with van der Waals surface area (Å²) >= 11 is 0. The van der Waals surface area contributed by atoms with Crippen molar-refractivity contribution in [1.82, 2.24) is 10.3 Å². The molecule has 0 atom stereocenters. The Labute approximate surface area is 131 Å². The maximum absolute atomic E-state index is 5.57. The highest BCUT2D eigenvalue weighted by Crippen LogP contribution is 2.27. The van der Waals surface area contributed by atoms with Crippen LogP contribution in [0.15, 0.2) is 42.6 Å². The summed E-state index contributed by atoms with van der Waals surface area (Å²) in [4.78, 5) is 4.28. The molecule has 0 aliphatic heterocycles. The smallest absolute Gasteiger partial charge is 0.161 e. The molecular formula is C16H21ClN2O2. The molecule has 2 rings (SSSR count). The Bertz CT molecular complexity index is 535. The van der Waals surface area contributed by atoms with Crippen LogP contribution < -0.4 is 14.8 Å². The van der Waals surface area contributed by atoms with Crippen molar-refractivity contribution in [3.63, 3.8) is 0 Å². The van der Waals surface area contributed by atoms with Crippen LogP contribution >= 0.6 is 12.4 Å². The maximum Gasteiger partial charge on any atom is 0.161 e. The summed E-state index contributed by atoms with van der Waals surface area (Å²) < 4.78 is 10.8. The van der Waals surface area contributed by atoms with Crippen LogP contribution in [0.4, 0.5) is 0 Å². The van der Waals surface area contributed by atoms with E-state index in [4.69, 9.17) is 9.47 Å². The number of pyridine rings is 1. The first-order chi connectivity index (χ1) is 9.83. The van der Waals surface area contributed by atoms with Crippen molar-refractivity contribution in [2.24, 2.45) is 0 Å². The van der Waals surface area contributed by atoms with Crippen molar-refractivity contribution >= 4 is 12.4 Å². The lowest BCUT2D eigenvalue weighted by Crippen LogP contribution is -2.13. The largest absolute Gasteiger partial charge is 0.493 e. The molecule has 21 heavy (non-hydrogen) atoms. The number of methoxy groups -OCH3 is 1. The number of ether oxygens (including phenoxy) is 2. The van der Waals surface area contributed by atoms with Gasteiger partial charge in [-0.3, -0.25) is 4.98 Å². The highest BCUT2D eigenvalue weighted by molar-refractivity contribution is 5.85. The number of benzene rings is 1. The van der Waals surface area contributed by atoms with E-state index >= 15 is 0 Å². The number of aromatic nitrogens is 1. The van der Waals surface area contributed by atoms with Crippen LogP contribution in [0.25, 0.3) is 0 Å². The fourth-order valence-electron chi connectivity index (χ4n) is 1.94. The molecule has 0 saturated heterocycles. The summed E-state index contributed by atoms with van der Waals surface area (Å²) in [6.45, 7) is 4.10. The lowest BCUT2D eigenvalue weighted by molar-refractivity contribution is 0.310. The Morgan fingerprint density at radius 2 is 1.95 bits per heavy atom. The van der Waals surface area contributed by atoms with E-state index in [9.17, 15) is 0 Å². The summed E-state index contributed by atoms with van der Waals surface area (Å²) in [6, 6.07) is 11.9. The molecule has 1 heterocycles. The lowest BCUT2D eigenvalue weighted by atomic mass is 10.2. The monoisotopic (exact) mass is 308 g/mol. The summed E-state index contributed by atoms with van der Waals surface area (Å²) in [5, 5.41) is 3.37. The molecule has 0 saturated carbocycles. The Morgan fingerprint density at radius 3 is 2.62 bits per heavy atom. The van der Waals surface area contributed by atoms with Gasteiger partial charge in [0.1, 0.15) is 0 Å². The van der Waals surface area contributed by atoms with Gasteiger partial charge in [0.05, 0.1) is 19.4 Å². The Hall–Kier alpha value is -1.78. The number of hydrogen-bond acceptors (Lipinski definition) is 4. The molecule has 0 bridgehead atoms. The molecule has 4 nitrogen and oxygen atoms in total. The van der Waals surface area contributed by atoms with E-state index in [1.165, 1.54) is 0 Å². The lowest BCUT2D eigenvalue weighted by Gasteiger charge is -2.11. The number of nitrogens with one attached hydrogen (secondary N) is 1. The summed E-state index contributed by atoms with van der Waals surface area (Å²) in [5.41, 5.74) is 2.19. The second kappa shape index (κ2) is 9.21. The van der Waals surface area contributed by atoms with Crippen LogP contribution in [0.3, 0.4) is 0 Å². The van der Waals surface area contributed by atoms with Crippen LogP contribution in [-0.4, -0.2) is 18.7 Å². The Morgan fingerprint density at radius 1 is 1.10 bits per heavy atom. The van der Waals surface area contributed by atoms with E-state index in [1.807, 2.05) is 43.3 Å². The van der Waals surface area contributed by atoms with Gasteiger partial charge in [0, 0.05) is 19.3 Å². The number of rotatable bonds is 7. The molecule has 0 amide bonds. The zero-order chi connectivity index (χ0) is 14.2. The van der Waals surface area contributed by atoms with Gasteiger partial charge in [-0.2, -0.15) is 0 Å². The average molecular weight is 309 g/mol. The second-order valence-electron chi connectivity index (χ2n) is 4.34. The molecule has 1 aromatic carbocycles. The normalized spacial score (nSPS) is 9.81. The molecule has 0 spiro atoms. The predicted molar refractivity (Wildman–Crippen MR) is 86.2 cm³/mol. The second-order valence-corrected chi connectivity index (χ2v) is 4.34. The molecule has 0 unspecified atom stereocenters. The van der Waals surface area contributed by atoms with Gasteiger partial charge in [-0.05, 0) is 36.8 Å². The Balaban J connectivity index is 0.00000220. The van der Waals surface area contributed by atoms with E-state index in [2.05, 4.69) is 10.3 Å². The molecule has 1 N–H and O–H groups in total. The molecule has 2 aromatic rings. The van der Waals surface area contributed by atoms with Crippen LogP contribution in [0.5, 0.6) is 11.5 Å². The topological polar surface area (TPSA) is 43.4 Å². The fourth-order valence-corrected chi connectivity index (χ4v) is 1.94. The molecular weight excluding hydrogens is 288 g/mol. The third-order valence-electron chi connectivity index (χ3n) is 2.89. The van der Waals surface area contributed by atoms with E-state index < -0.39 is 0 Å². The third-order valence-corrected chi connectivity index (χ3v) is 2.89. The van der Waals surface area contributed by atoms with Gasteiger partial charge in [-0.25, -0.2) is 0 Å². The van der Waals surface area contributed by atoms with E-state index in [-0.39, 0.29) is 12.4 Å². The molecule has 0 aliphatic rings. The zero-order valence-corrected chi connectivity index (χ0v) is 13.2. The highest BCUT2D eigenvalue weighted by atomic mass is 35.5. The molecule has 5 heteroatoms. The minimum atomic E-state index is 0. The molecule has 0 aliphatic carbocycles. The van der Waals surface area contributed by atoms with E-state index in [0.717, 1.165) is 35.8 Å². The number of hydrogen-bond donors (Lipinski definition) is 1. The minimum Gasteiger partial charge on any atom is -0.493 e. The van der Waals surface area contributed by atoms with Crippen molar-refractivity contribution < 1.29 is 9.47 Å². The number of halogens is 1. The van der Waals surface area contributed by atoms with Crippen molar-refractivity contribution in [1.29, 1.82) is 0 Å². The SMILES string of the molecule is CCOc1cc(CNCc2ccccn2)ccc1OC.Cl. The molecule has 0 fully saturated rings. The summed E-state index contributed by atoms with van der Waals surface area (Å²) in [5.74, 6) is 1.55. The number of nitrogens with zero attached hydrogens (tertiary/aromatic N) is 1. The van der Waals surface area contributed by atoms with E-state index in [1.54, 1.807) is 13.3 Å². The highest BCUT2D eigenvalue weighted by Gasteiger charge is 2.05. The van der Waals surface area contributed by atoms with Crippen LogP contribution in [0, 0.1) is 0 Å². The van der Waals surface area contributed by atoms with E-state index in [0.29, 0.717) is 6.61 Å². The quantitative estimate of drug-likeness (QED) is 0.853. The minimum absolute atomic E-state index is 0. The molecule has 1 aromatic heterocycles. The van der Waals surface area contributed by atoms with Crippen molar-refractivity contribution in [2.45, 2.75) is 20.0 Å². The van der Waals surface area contributed by atoms with Gasteiger partial charge in [-0.1, -0.05) is 12.1 Å². The van der Waals surface area contributed by atoms with Crippen molar-refractivity contribution in [2.75, 3.05) is 13.7 Å². The average Bonchev–Trinajstić information content (AvgIpc) is 2.49. The molecule has 0 radical (unpaired) electrons. The summed E-state index contributed by atoms with van der Waals surface area (Å²) in [6.07, 6.45) is 1.80. The first kappa shape index (κ1) is 17.3. The fraction of sp³-hybridized carbons (Fsp3) is 0.312. The predicted octanol–water partition coefficient (Wildman–Crippen LogP) is 3.20. The molecule has 114 valence electrons. The van der Waals surface area contributed by atoms with Crippen LogP contribution in [0.2, 0.25) is 0 Å². The van der Waals surface area contributed by atoms with Crippen molar-refractivity contribution in [3.8, 4) is 11.5 Å². The summed E-state index contributed by atoms with van der Waals surface area (Å²) in [7, 11) is 1.65. The maximum atomic E-state index is 5.57. The van der Waals surface area contributed by atoms with Crippen LogP contribution in [-0.2, 0) is 13.1 Å².